The maximum atomic E-state index is 11.2. The first-order valence-corrected chi connectivity index (χ1v) is 7.81. The molecule has 0 atom stereocenters. The van der Waals surface area contributed by atoms with Crippen molar-refractivity contribution in [1.82, 2.24) is 8.61 Å². The Hall–Kier alpha value is -0.180. The van der Waals surface area contributed by atoms with Gasteiger partial charge in [0.15, 0.2) is 0 Å². The van der Waals surface area contributed by atoms with Gasteiger partial charge in [-0.05, 0) is 6.42 Å². The van der Waals surface area contributed by atoms with Crippen molar-refractivity contribution in [2.75, 3.05) is 32.3 Å². The van der Waals surface area contributed by atoms with Gasteiger partial charge in [-0.2, -0.15) is 8.61 Å². The van der Waals surface area contributed by atoms with Gasteiger partial charge < -0.3 is 0 Å². The quantitative estimate of drug-likeness (QED) is 0.614. The molecular formula is C6H14N2O4S2. The van der Waals surface area contributed by atoms with Crippen molar-refractivity contribution in [3.05, 3.63) is 0 Å². The van der Waals surface area contributed by atoms with E-state index in [0.29, 0.717) is 19.5 Å². The SMILES string of the molecule is CS(=O)(=O)N1CCCN(S(C)(=O)=O)C1. The lowest BCUT2D eigenvalue weighted by Gasteiger charge is -2.32. The first kappa shape index (κ1) is 11.9. The van der Waals surface area contributed by atoms with Crippen molar-refractivity contribution < 1.29 is 16.8 Å². The maximum absolute atomic E-state index is 11.2. The van der Waals surface area contributed by atoms with Crippen molar-refractivity contribution in [2.45, 2.75) is 6.42 Å². The molecule has 0 aromatic carbocycles. The third-order valence-electron chi connectivity index (χ3n) is 2.07. The Balaban J connectivity index is 2.81. The molecule has 0 N–H and O–H groups in total. The molecule has 1 heterocycles. The molecule has 0 amide bonds. The van der Waals surface area contributed by atoms with E-state index in [9.17, 15) is 16.8 Å². The lowest BCUT2D eigenvalue weighted by atomic mass is 10.4. The van der Waals surface area contributed by atoms with Crippen LogP contribution in [0, 0.1) is 0 Å². The van der Waals surface area contributed by atoms with Crippen molar-refractivity contribution in [1.29, 1.82) is 0 Å². The summed E-state index contributed by atoms with van der Waals surface area (Å²) in [6.45, 7) is 0.730. The van der Waals surface area contributed by atoms with Gasteiger partial charge in [-0.15, -0.1) is 0 Å². The van der Waals surface area contributed by atoms with E-state index < -0.39 is 20.0 Å². The first-order chi connectivity index (χ1) is 6.21. The van der Waals surface area contributed by atoms with E-state index in [-0.39, 0.29) is 6.67 Å². The highest BCUT2D eigenvalue weighted by molar-refractivity contribution is 7.89. The third kappa shape index (κ3) is 2.91. The Labute approximate surface area is 84.6 Å². The molecule has 1 saturated heterocycles. The molecule has 1 rings (SSSR count). The molecule has 0 aromatic rings. The third-order valence-corrected chi connectivity index (χ3v) is 4.54. The molecule has 0 spiro atoms. The van der Waals surface area contributed by atoms with Gasteiger partial charge in [0.25, 0.3) is 0 Å². The van der Waals surface area contributed by atoms with Crippen LogP contribution in [0.4, 0.5) is 0 Å². The van der Waals surface area contributed by atoms with E-state index >= 15 is 0 Å². The fourth-order valence-electron chi connectivity index (χ4n) is 1.28. The Morgan fingerprint density at radius 1 is 0.857 bits per heavy atom. The Morgan fingerprint density at radius 2 is 1.21 bits per heavy atom. The highest BCUT2D eigenvalue weighted by Gasteiger charge is 2.28. The summed E-state index contributed by atoms with van der Waals surface area (Å²) in [7, 11) is -6.58. The van der Waals surface area contributed by atoms with E-state index in [1.807, 2.05) is 0 Å². The van der Waals surface area contributed by atoms with Crippen LogP contribution in [0.25, 0.3) is 0 Å². The van der Waals surface area contributed by atoms with Gasteiger partial charge in [-0.1, -0.05) is 0 Å². The van der Waals surface area contributed by atoms with Gasteiger partial charge >= 0.3 is 0 Å². The van der Waals surface area contributed by atoms with Crippen LogP contribution >= 0.6 is 0 Å². The van der Waals surface area contributed by atoms with Crippen LogP contribution in [0.15, 0.2) is 0 Å². The van der Waals surface area contributed by atoms with E-state index in [0.717, 1.165) is 21.1 Å². The Morgan fingerprint density at radius 3 is 1.50 bits per heavy atom. The number of hydrogen-bond donors (Lipinski definition) is 0. The van der Waals surface area contributed by atoms with Crippen LogP contribution < -0.4 is 0 Å². The maximum Gasteiger partial charge on any atom is 0.212 e. The topological polar surface area (TPSA) is 74.8 Å². The molecule has 84 valence electrons. The van der Waals surface area contributed by atoms with E-state index in [4.69, 9.17) is 0 Å². The van der Waals surface area contributed by atoms with Gasteiger partial charge in [-0.25, -0.2) is 16.8 Å². The van der Waals surface area contributed by atoms with Gasteiger partial charge in [0.05, 0.1) is 19.2 Å². The molecule has 1 aliphatic rings. The summed E-state index contributed by atoms with van der Waals surface area (Å²) in [6.07, 6.45) is 2.71. The molecule has 0 aliphatic carbocycles. The predicted octanol–water partition coefficient (Wildman–Crippen LogP) is -1.13. The van der Waals surface area contributed by atoms with Crippen LogP contribution in [0.5, 0.6) is 0 Å². The molecule has 1 fully saturated rings. The second-order valence-corrected chi connectivity index (χ2v) is 7.34. The second-order valence-electron chi connectivity index (χ2n) is 3.37. The van der Waals surface area contributed by atoms with Crippen molar-refractivity contribution in [2.24, 2.45) is 0 Å². The molecule has 0 unspecified atom stereocenters. The molecule has 6 nitrogen and oxygen atoms in total. The number of nitrogens with zero attached hydrogens (tertiary/aromatic N) is 2. The van der Waals surface area contributed by atoms with Gasteiger partial charge in [0.2, 0.25) is 20.0 Å². The molecular weight excluding hydrogens is 228 g/mol. The monoisotopic (exact) mass is 242 g/mol. The largest absolute Gasteiger partial charge is 0.212 e. The van der Waals surface area contributed by atoms with E-state index in [1.165, 1.54) is 0 Å². The zero-order valence-corrected chi connectivity index (χ0v) is 9.81. The Kier molecular flexibility index (Phi) is 3.20. The average molecular weight is 242 g/mol. The summed E-state index contributed by atoms with van der Waals surface area (Å²) in [4.78, 5) is 0. The molecule has 1 aliphatic heterocycles. The smallest absolute Gasteiger partial charge is 0.212 e. The van der Waals surface area contributed by atoms with Crippen molar-refractivity contribution in [3.63, 3.8) is 0 Å². The molecule has 0 aromatic heterocycles. The summed E-state index contributed by atoms with van der Waals surface area (Å²) in [5.41, 5.74) is 0. The van der Waals surface area contributed by atoms with Gasteiger partial charge in [0, 0.05) is 13.1 Å². The predicted molar refractivity (Wildman–Crippen MR) is 52.6 cm³/mol. The summed E-state index contributed by atoms with van der Waals surface area (Å²) in [5, 5.41) is 0. The lowest BCUT2D eigenvalue weighted by molar-refractivity contribution is 0.234. The zero-order chi connectivity index (χ0) is 11.0. The minimum Gasteiger partial charge on any atom is -0.212 e. The van der Waals surface area contributed by atoms with Crippen molar-refractivity contribution >= 4 is 20.0 Å². The fourth-order valence-corrected chi connectivity index (χ4v) is 2.98. The molecule has 0 bridgehead atoms. The highest BCUT2D eigenvalue weighted by Crippen LogP contribution is 2.12. The van der Waals surface area contributed by atoms with Crippen molar-refractivity contribution in [3.8, 4) is 0 Å². The summed E-state index contributed by atoms with van der Waals surface area (Å²) in [5.74, 6) is 0. The summed E-state index contributed by atoms with van der Waals surface area (Å²) < 4.78 is 47.0. The Bertz CT molecular complexity index is 362. The summed E-state index contributed by atoms with van der Waals surface area (Å²) in [6, 6.07) is 0. The van der Waals surface area contributed by atoms with Crippen LogP contribution in [0.2, 0.25) is 0 Å². The van der Waals surface area contributed by atoms with E-state index in [2.05, 4.69) is 0 Å². The van der Waals surface area contributed by atoms with Crippen LogP contribution in [-0.2, 0) is 20.0 Å². The van der Waals surface area contributed by atoms with Crippen LogP contribution in [0.3, 0.4) is 0 Å². The average Bonchev–Trinajstić information content (AvgIpc) is 2.01. The normalized spacial score (nSPS) is 22.4. The second kappa shape index (κ2) is 3.76. The van der Waals surface area contributed by atoms with Gasteiger partial charge in [0.1, 0.15) is 0 Å². The number of sulfonamides is 2. The van der Waals surface area contributed by atoms with Gasteiger partial charge in [-0.3, -0.25) is 0 Å². The van der Waals surface area contributed by atoms with Crippen LogP contribution in [0.1, 0.15) is 6.42 Å². The molecule has 14 heavy (non-hydrogen) atoms. The fraction of sp³-hybridized carbons (Fsp3) is 1.00. The molecule has 0 saturated carbocycles. The lowest BCUT2D eigenvalue weighted by Crippen LogP contribution is -2.48. The number of rotatable bonds is 2. The van der Waals surface area contributed by atoms with E-state index in [1.54, 1.807) is 0 Å². The highest BCUT2D eigenvalue weighted by atomic mass is 32.2. The first-order valence-electron chi connectivity index (χ1n) is 4.11. The minimum absolute atomic E-state index is 0.0579. The molecule has 8 heteroatoms. The number of hydrogen-bond acceptors (Lipinski definition) is 4. The zero-order valence-electron chi connectivity index (χ0n) is 8.17. The minimum atomic E-state index is -3.29. The summed E-state index contributed by atoms with van der Waals surface area (Å²) >= 11 is 0. The molecule has 0 radical (unpaired) electrons. The standard InChI is InChI=1S/C6H14N2O4S2/c1-13(9,10)7-4-3-5-8(6-7)14(2,11)12/h3-6H2,1-2H3. The van der Waals surface area contributed by atoms with Crippen LogP contribution in [-0.4, -0.2) is 57.7 Å².